The molecule has 1 amide bonds. The van der Waals surface area contributed by atoms with Crippen molar-refractivity contribution in [3.05, 3.63) is 0 Å². The molecule has 1 aliphatic heterocycles. The SMILES string of the molecule is CC1CCCN(CCCBr)C1=O. The molecule has 1 fully saturated rings. The van der Waals surface area contributed by atoms with Crippen molar-refractivity contribution in [2.24, 2.45) is 5.92 Å². The average Bonchev–Trinajstić information content (AvgIpc) is 2.08. The van der Waals surface area contributed by atoms with Crippen molar-refractivity contribution in [1.82, 2.24) is 4.90 Å². The Labute approximate surface area is 82.4 Å². The molecule has 0 spiro atoms. The van der Waals surface area contributed by atoms with E-state index in [9.17, 15) is 4.79 Å². The zero-order valence-electron chi connectivity index (χ0n) is 7.55. The van der Waals surface area contributed by atoms with Crippen LogP contribution in [0.5, 0.6) is 0 Å². The number of nitrogens with zero attached hydrogens (tertiary/aromatic N) is 1. The molecule has 0 bridgehead atoms. The van der Waals surface area contributed by atoms with Gasteiger partial charge in [-0.2, -0.15) is 0 Å². The molecule has 0 N–H and O–H groups in total. The zero-order valence-corrected chi connectivity index (χ0v) is 9.14. The lowest BCUT2D eigenvalue weighted by Gasteiger charge is -2.30. The van der Waals surface area contributed by atoms with Gasteiger partial charge in [0.15, 0.2) is 0 Å². The number of alkyl halides is 1. The molecule has 1 saturated heterocycles. The minimum atomic E-state index is 0.258. The normalized spacial score (nSPS) is 24.7. The summed E-state index contributed by atoms with van der Waals surface area (Å²) in [5.74, 6) is 0.608. The second-order valence-corrected chi connectivity index (χ2v) is 4.20. The molecule has 0 saturated carbocycles. The summed E-state index contributed by atoms with van der Waals surface area (Å²) in [6.45, 7) is 3.92. The molecular weight excluding hydrogens is 218 g/mol. The zero-order chi connectivity index (χ0) is 8.97. The van der Waals surface area contributed by atoms with Gasteiger partial charge in [-0.15, -0.1) is 0 Å². The largest absolute Gasteiger partial charge is 0.342 e. The van der Waals surface area contributed by atoms with Crippen LogP contribution >= 0.6 is 15.9 Å². The van der Waals surface area contributed by atoms with Crippen LogP contribution < -0.4 is 0 Å². The Hall–Kier alpha value is -0.0500. The lowest BCUT2D eigenvalue weighted by molar-refractivity contribution is -0.137. The van der Waals surface area contributed by atoms with Crippen LogP contribution in [0, 0.1) is 5.92 Å². The third-order valence-electron chi connectivity index (χ3n) is 2.36. The number of likely N-dealkylation sites (tertiary alicyclic amines) is 1. The number of hydrogen-bond donors (Lipinski definition) is 0. The van der Waals surface area contributed by atoms with E-state index in [4.69, 9.17) is 0 Å². The number of halogens is 1. The second-order valence-electron chi connectivity index (χ2n) is 3.41. The molecule has 0 aliphatic carbocycles. The summed E-state index contributed by atoms with van der Waals surface area (Å²) in [6.07, 6.45) is 3.32. The van der Waals surface area contributed by atoms with Crippen LogP contribution in [-0.2, 0) is 4.79 Å². The van der Waals surface area contributed by atoms with Crippen LogP contribution in [0.2, 0.25) is 0 Å². The van der Waals surface area contributed by atoms with Gasteiger partial charge < -0.3 is 4.90 Å². The van der Waals surface area contributed by atoms with Gasteiger partial charge in [0, 0.05) is 24.3 Å². The Morgan fingerprint density at radius 1 is 1.67 bits per heavy atom. The van der Waals surface area contributed by atoms with Gasteiger partial charge in [0.05, 0.1) is 0 Å². The predicted octanol–water partition coefficient (Wildman–Crippen LogP) is 2.03. The fraction of sp³-hybridized carbons (Fsp3) is 0.889. The van der Waals surface area contributed by atoms with E-state index in [2.05, 4.69) is 15.9 Å². The van der Waals surface area contributed by atoms with Crippen LogP contribution in [0.1, 0.15) is 26.2 Å². The maximum Gasteiger partial charge on any atom is 0.225 e. The molecule has 0 aromatic carbocycles. The summed E-state index contributed by atoms with van der Waals surface area (Å²) < 4.78 is 0. The molecule has 0 radical (unpaired) electrons. The van der Waals surface area contributed by atoms with Gasteiger partial charge in [0.1, 0.15) is 0 Å². The first-order chi connectivity index (χ1) is 5.75. The Balaban J connectivity index is 2.36. The molecule has 1 heterocycles. The molecule has 3 heteroatoms. The third-order valence-corrected chi connectivity index (χ3v) is 2.92. The van der Waals surface area contributed by atoms with Gasteiger partial charge in [-0.3, -0.25) is 4.79 Å². The number of rotatable bonds is 3. The smallest absolute Gasteiger partial charge is 0.225 e. The van der Waals surface area contributed by atoms with Gasteiger partial charge >= 0.3 is 0 Å². The minimum absolute atomic E-state index is 0.258. The highest BCUT2D eigenvalue weighted by molar-refractivity contribution is 9.09. The van der Waals surface area contributed by atoms with Crippen LogP contribution in [-0.4, -0.2) is 29.2 Å². The number of amides is 1. The summed E-state index contributed by atoms with van der Waals surface area (Å²) in [7, 11) is 0. The fourth-order valence-corrected chi connectivity index (χ4v) is 1.86. The van der Waals surface area contributed by atoms with Crippen LogP contribution in [0.3, 0.4) is 0 Å². The van der Waals surface area contributed by atoms with E-state index >= 15 is 0 Å². The second kappa shape index (κ2) is 4.85. The highest BCUT2D eigenvalue weighted by atomic mass is 79.9. The molecule has 2 nitrogen and oxygen atoms in total. The first-order valence-corrected chi connectivity index (χ1v) is 5.72. The summed E-state index contributed by atoms with van der Waals surface area (Å²) in [5, 5.41) is 0.991. The summed E-state index contributed by atoms with van der Waals surface area (Å²) in [5.41, 5.74) is 0. The van der Waals surface area contributed by atoms with E-state index in [0.717, 1.165) is 31.3 Å². The van der Waals surface area contributed by atoms with Gasteiger partial charge in [-0.25, -0.2) is 0 Å². The molecule has 1 unspecified atom stereocenters. The van der Waals surface area contributed by atoms with Crippen molar-refractivity contribution >= 4 is 21.8 Å². The lowest BCUT2D eigenvalue weighted by atomic mass is 9.99. The van der Waals surface area contributed by atoms with E-state index < -0.39 is 0 Å². The van der Waals surface area contributed by atoms with Gasteiger partial charge in [-0.1, -0.05) is 22.9 Å². The van der Waals surface area contributed by atoms with E-state index in [1.807, 2.05) is 11.8 Å². The Bertz CT molecular complexity index is 161. The van der Waals surface area contributed by atoms with Crippen molar-refractivity contribution < 1.29 is 4.79 Å². The molecule has 70 valence electrons. The maximum atomic E-state index is 11.5. The molecular formula is C9H16BrNO. The summed E-state index contributed by atoms with van der Waals surface area (Å²) >= 11 is 3.37. The highest BCUT2D eigenvalue weighted by Gasteiger charge is 2.23. The van der Waals surface area contributed by atoms with Crippen molar-refractivity contribution in [1.29, 1.82) is 0 Å². The standard InChI is InChI=1S/C9H16BrNO/c1-8-4-2-6-11(9(8)12)7-3-5-10/h8H,2-7H2,1H3. The molecule has 0 aromatic heterocycles. The van der Waals surface area contributed by atoms with Crippen LogP contribution in [0.4, 0.5) is 0 Å². The molecule has 1 rings (SSSR count). The Morgan fingerprint density at radius 2 is 2.42 bits per heavy atom. The Kier molecular flexibility index (Phi) is 4.06. The minimum Gasteiger partial charge on any atom is -0.342 e. The monoisotopic (exact) mass is 233 g/mol. The van der Waals surface area contributed by atoms with Crippen molar-refractivity contribution in [2.45, 2.75) is 26.2 Å². The maximum absolute atomic E-state index is 11.5. The first-order valence-electron chi connectivity index (χ1n) is 4.60. The van der Waals surface area contributed by atoms with Gasteiger partial charge in [-0.05, 0) is 19.3 Å². The number of carbonyl (C=O) groups excluding carboxylic acids is 1. The summed E-state index contributed by atoms with van der Waals surface area (Å²) in [4.78, 5) is 13.5. The van der Waals surface area contributed by atoms with Crippen LogP contribution in [0.15, 0.2) is 0 Å². The fourth-order valence-electron chi connectivity index (χ4n) is 1.61. The average molecular weight is 234 g/mol. The summed E-state index contributed by atoms with van der Waals surface area (Å²) in [6, 6.07) is 0. The highest BCUT2D eigenvalue weighted by Crippen LogP contribution is 2.17. The van der Waals surface area contributed by atoms with Crippen molar-refractivity contribution in [2.75, 3.05) is 18.4 Å². The van der Waals surface area contributed by atoms with E-state index in [0.29, 0.717) is 5.91 Å². The molecule has 1 atom stereocenters. The van der Waals surface area contributed by atoms with E-state index in [-0.39, 0.29) is 5.92 Å². The van der Waals surface area contributed by atoms with Crippen LogP contribution in [0.25, 0.3) is 0 Å². The first kappa shape index (κ1) is 10.0. The molecule has 0 aromatic rings. The van der Waals surface area contributed by atoms with Gasteiger partial charge in [0.2, 0.25) is 5.91 Å². The third kappa shape index (κ3) is 2.47. The number of piperidine rings is 1. The van der Waals surface area contributed by atoms with E-state index in [1.165, 1.54) is 6.42 Å². The number of hydrogen-bond acceptors (Lipinski definition) is 1. The van der Waals surface area contributed by atoms with Gasteiger partial charge in [0.25, 0.3) is 0 Å². The topological polar surface area (TPSA) is 20.3 Å². The number of carbonyl (C=O) groups is 1. The quantitative estimate of drug-likeness (QED) is 0.684. The Morgan fingerprint density at radius 3 is 3.08 bits per heavy atom. The molecule has 12 heavy (non-hydrogen) atoms. The van der Waals surface area contributed by atoms with Crippen molar-refractivity contribution in [3.63, 3.8) is 0 Å². The lowest BCUT2D eigenvalue weighted by Crippen LogP contribution is -2.40. The van der Waals surface area contributed by atoms with Crippen molar-refractivity contribution in [3.8, 4) is 0 Å². The van der Waals surface area contributed by atoms with E-state index in [1.54, 1.807) is 0 Å². The molecule has 1 aliphatic rings. The predicted molar refractivity (Wildman–Crippen MR) is 53.4 cm³/mol.